The highest BCUT2D eigenvalue weighted by Gasteiger charge is 2.11. The third-order valence-corrected chi connectivity index (χ3v) is 2.40. The van der Waals surface area contributed by atoms with Crippen LogP contribution >= 0.6 is 0 Å². The number of imidazole rings is 1. The van der Waals surface area contributed by atoms with Crippen molar-refractivity contribution in [3.63, 3.8) is 0 Å². The van der Waals surface area contributed by atoms with Crippen LogP contribution in [0.5, 0.6) is 0 Å². The van der Waals surface area contributed by atoms with Crippen molar-refractivity contribution in [2.45, 2.75) is 6.54 Å². The minimum atomic E-state index is -0.849. The van der Waals surface area contributed by atoms with Gasteiger partial charge in [0.15, 0.2) is 23.3 Å². The van der Waals surface area contributed by atoms with Crippen LogP contribution in [0.2, 0.25) is 0 Å². The van der Waals surface area contributed by atoms with Gasteiger partial charge in [-0.3, -0.25) is 0 Å². The fourth-order valence-electron chi connectivity index (χ4n) is 1.42. The Morgan fingerprint density at radius 3 is 2.67 bits per heavy atom. The summed E-state index contributed by atoms with van der Waals surface area (Å²) in [6.45, 7) is 0.267. The van der Waals surface area contributed by atoms with Crippen molar-refractivity contribution in [3.05, 3.63) is 35.9 Å². The molecule has 2 rings (SSSR count). The smallest absolute Gasteiger partial charge is 0.178 e. The minimum Gasteiger partial charge on any atom is -0.360 e. The Bertz CT molecular complexity index is 553. The van der Waals surface area contributed by atoms with Gasteiger partial charge in [0.2, 0.25) is 0 Å². The second-order valence-corrected chi connectivity index (χ2v) is 3.60. The zero-order valence-electron chi connectivity index (χ0n) is 9.61. The van der Waals surface area contributed by atoms with Gasteiger partial charge in [-0.2, -0.15) is 0 Å². The Hall–Kier alpha value is -2.22. The van der Waals surface area contributed by atoms with Crippen molar-refractivity contribution in [2.75, 3.05) is 10.7 Å². The van der Waals surface area contributed by atoms with E-state index < -0.39 is 11.6 Å². The van der Waals surface area contributed by atoms with Crippen LogP contribution in [0.4, 0.5) is 20.4 Å². The van der Waals surface area contributed by atoms with E-state index in [4.69, 9.17) is 5.84 Å². The first kappa shape index (κ1) is 12.2. The first-order valence-corrected chi connectivity index (χ1v) is 5.14. The van der Waals surface area contributed by atoms with Gasteiger partial charge in [0.05, 0.1) is 6.54 Å². The third kappa shape index (κ3) is 2.38. The normalized spacial score (nSPS) is 10.4. The molecule has 0 radical (unpaired) electrons. The summed E-state index contributed by atoms with van der Waals surface area (Å²) in [4.78, 5) is 7.74. The molecular weight excluding hydrogens is 242 g/mol. The number of hydrogen-bond donors (Lipinski definition) is 3. The van der Waals surface area contributed by atoms with Crippen molar-refractivity contribution in [3.8, 4) is 0 Å². The molecule has 96 valence electrons. The predicted molar refractivity (Wildman–Crippen MR) is 62.5 cm³/mol. The van der Waals surface area contributed by atoms with Gasteiger partial charge in [0.1, 0.15) is 5.82 Å². The summed E-state index contributed by atoms with van der Waals surface area (Å²) in [5.41, 5.74) is 2.05. The van der Waals surface area contributed by atoms with Crippen molar-refractivity contribution in [1.82, 2.24) is 14.5 Å². The maximum absolute atomic E-state index is 13.4. The van der Waals surface area contributed by atoms with Crippen LogP contribution in [0.1, 0.15) is 5.82 Å². The second-order valence-electron chi connectivity index (χ2n) is 3.60. The molecule has 0 aliphatic heterocycles. The number of anilines is 2. The molecule has 0 bridgehead atoms. The Kier molecular flexibility index (Phi) is 3.38. The summed E-state index contributed by atoms with van der Waals surface area (Å²) in [6.07, 6.45) is 3.39. The summed E-state index contributed by atoms with van der Waals surface area (Å²) in [5, 5.41) is 2.73. The lowest BCUT2D eigenvalue weighted by Crippen LogP contribution is -2.14. The van der Waals surface area contributed by atoms with Crippen LogP contribution in [0, 0.1) is 11.6 Å². The summed E-state index contributed by atoms with van der Waals surface area (Å²) in [6, 6.07) is 0.711. The summed E-state index contributed by atoms with van der Waals surface area (Å²) in [7, 11) is 1.81. The number of nitrogens with one attached hydrogen (secondary N) is 2. The highest BCUT2D eigenvalue weighted by Crippen LogP contribution is 2.18. The van der Waals surface area contributed by atoms with Crippen molar-refractivity contribution in [1.29, 1.82) is 0 Å². The van der Waals surface area contributed by atoms with Crippen molar-refractivity contribution in [2.24, 2.45) is 12.9 Å². The molecule has 0 aliphatic rings. The van der Waals surface area contributed by atoms with Crippen LogP contribution in [0.3, 0.4) is 0 Å². The number of halogens is 2. The molecule has 6 nitrogen and oxygen atoms in total. The molecule has 0 amide bonds. The molecule has 0 fully saturated rings. The van der Waals surface area contributed by atoms with E-state index in [0.717, 1.165) is 0 Å². The van der Waals surface area contributed by atoms with Gasteiger partial charge >= 0.3 is 0 Å². The van der Waals surface area contributed by atoms with E-state index in [0.29, 0.717) is 11.9 Å². The lowest BCUT2D eigenvalue weighted by Gasteiger charge is -2.09. The van der Waals surface area contributed by atoms with Crippen LogP contribution in [-0.4, -0.2) is 14.5 Å². The number of hydrazine groups is 1. The van der Waals surface area contributed by atoms with Crippen LogP contribution in [-0.2, 0) is 13.6 Å². The number of hydrogen-bond acceptors (Lipinski definition) is 5. The molecule has 0 aliphatic carbocycles. The zero-order chi connectivity index (χ0) is 13.1. The quantitative estimate of drug-likeness (QED) is 0.560. The van der Waals surface area contributed by atoms with Gasteiger partial charge in [0.25, 0.3) is 0 Å². The molecule has 0 saturated carbocycles. The molecule has 2 aromatic heterocycles. The maximum Gasteiger partial charge on any atom is 0.178 e. The molecule has 0 unspecified atom stereocenters. The van der Waals surface area contributed by atoms with Crippen LogP contribution < -0.4 is 16.6 Å². The highest BCUT2D eigenvalue weighted by molar-refractivity contribution is 5.46. The van der Waals surface area contributed by atoms with Gasteiger partial charge in [-0.05, 0) is 0 Å². The molecule has 2 heterocycles. The van der Waals surface area contributed by atoms with Crippen molar-refractivity contribution >= 4 is 11.6 Å². The van der Waals surface area contributed by atoms with Gasteiger partial charge in [-0.1, -0.05) is 0 Å². The number of aryl methyl sites for hydroxylation is 1. The summed E-state index contributed by atoms with van der Waals surface area (Å²) in [5.74, 6) is 3.81. The molecule has 4 N–H and O–H groups in total. The lowest BCUT2D eigenvalue weighted by atomic mass is 10.4. The lowest BCUT2D eigenvalue weighted by molar-refractivity contribution is 0.577. The predicted octanol–water partition coefficient (Wildman–Crippen LogP) is 0.991. The van der Waals surface area contributed by atoms with E-state index in [2.05, 4.69) is 20.7 Å². The largest absolute Gasteiger partial charge is 0.360 e. The molecule has 0 atom stereocenters. The van der Waals surface area contributed by atoms with Crippen molar-refractivity contribution < 1.29 is 8.78 Å². The Morgan fingerprint density at radius 1 is 1.33 bits per heavy atom. The van der Waals surface area contributed by atoms with Crippen LogP contribution in [0.15, 0.2) is 18.5 Å². The number of nitrogens with zero attached hydrogens (tertiary/aromatic N) is 3. The Balaban J connectivity index is 2.16. The van der Waals surface area contributed by atoms with Gasteiger partial charge in [0, 0.05) is 25.5 Å². The molecular formula is C10H12F2N6. The maximum atomic E-state index is 13.4. The number of aromatic nitrogens is 3. The van der Waals surface area contributed by atoms with Crippen LogP contribution in [0.25, 0.3) is 0 Å². The highest BCUT2D eigenvalue weighted by atomic mass is 19.1. The molecule has 0 spiro atoms. The standard InChI is InChI=1S/C10H12F2N6/c1-18-3-2-14-8(18)5-15-9-6(11)4-7(12)10(16-9)17-13/h2-4H,5,13H2,1H3,(H2,15,16,17). The summed E-state index contributed by atoms with van der Waals surface area (Å²) >= 11 is 0. The molecule has 0 aromatic carbocycles. The van der Waals surface area contributed by atoms with Gasteiger partial charge < -0.3 is 15.3 Å². The Morgan fingerprint density at radius 2 is 2.06 bits per heavy atom. The topological polar surface area (TPSA) is 80.8 Å². The van der Waals surface area contributed by atoms with Gasteiger partial charge in [-0.25, -0.2) is 24.6 Å². The van der Waals surface area contributed by atoms with E-state index in [1.807, 2.05) is 7.05 Å². The Labute approximate surface area is 102 Å². The van der Waals surface area contributed by atoms with E-state index in [1.54, 1.807) is 17.0 Å². The fourth-order valence-corrected chi connectivity index (χ4v) is 1.42. The number of pyridine rings is 1. The molecule has 0 saturated heterocycles. The number of rotatable bonds is 4. The van der Waals surface area contributed by atoms with E-state index in [9.17, 15) is 8.78 Å². The van der Waals surface area contributed by atoms with Gasteiger partial charge in [-0.15, -0.1) is 0 Å². The average Bonchev–Trinajstić information content (AvgIpc) is 2.74. The molecule has 18 heavy (non-hydrogen) atoms. The number of nitrogens with two attached hydrogens (primary N) is 1. The van der Waals surface area contributed by atoms with E-state index in [1.165, 1.54) is 0 Å². The zero-order valence-corrected chi connectivity index (χ0v) is 9.61. The first-order chi connectivity index (χ1) is 8.61. The molecule has 2 aromatic rings. The van der Waals surface area contributed by atoms with E-state index >= 15 is 0 Å². The fraction of sp³-hybridized carbons (Fsp3) is 0.200. The number of nitrogen functional groups attached to an aromatic ring is 1. The second kappa shape index (κ2) is 4.96. The monoisotopic (exact) mass is 254 g/mol. The van der Waals surface area contributed by atoms with E-state index in [-0.39, 0.29) is 18.2 Å². The summed E-state index contributed by atoms with van der Waals surface area (Å²) < 4.78 is 28.3. The average molecular weight is 254 g/mol. The first-order valence-electron chi connectivity index (χ1n) is 5.14. The third-order valence-electron chi connectivity index (χ3n) is 2.40. The SMILES string of the molecule is Cn1ccnc1CNc1nc(NN)c(F)cc1F. The molecule has 8 heteroatoms. The minimum absolute atomic E-state index is 0.0904.